The third-order valence-electron chi connectivity index (χ3n) is 4.40. The van der Waals surface area contributed by atoms with Crippen LogP contribution in [0.2, 0.25) is 0 Å². The molecule has 1 N–H and O–H groups in total. The number of methoxy groups -OCH3 is 1. The highest BCUT2D eigenvalue weighted by Crippen LogP contribution is 2.39. The molecule has 1 aliphatic rings. The molecule has 3 aromatic rings. The molecule has 2 heterocycles. The van der Waals surface area contributed by atoms with E-state index in [1.165, 1.54) is 6.21 Å². The van der Waals surface area contributed by atoms with Gasteiger partial charge in [0.25, 0.3) is 5.91 Å². The van der Waals surface area contributed by atoms with Gasteiger partial charge >= 0.3 is 0 Å². The van der Waals surface area contributed by atoms with Crippen LogP contribution in [-0.4, -0.2) is 42.0 Å². The van der Waals surface area contributed by atoms with Gasteiger partial charge in [0.15, 0.2) is 11.5 Å². The summed E-state index contributed by atoms with van der Waals surface area (Å²) in [4.78, 5) is 16.8. The third kappa shape index (κ3) is 3.48. The number of benzene rings is 2. The van der Waals surface area contributed by atoms with Crippen molar-refractivity contribution in [3.8, 4) is 17.2 Å². The van der Waals surface area contributed by atoms with Crippen molar-refractivity contribution in [2.75, 3.05) is 20.3 Å². The molecule has 0 spiro atoms. The molecule has 8 heteroatoms. The van der Waals surface area contributed by atoms with E-state index in [2.05, 4.69) is 15.5 Å². The number of para-hydroxylation sites is 2. The SMILES string of the molecule is COc1cc(/C=N\NC(=O)Cn2c(C)nc3ccccc32)cc2c1OCCO2. The molecule has 0 aliphatic carbocycles. The zero-order valence-electron chi connectivity index (χ0n) is 15.6. The van der Waals surface area contributed by atoms with Crippen LogP contribution < -0.4 is 19.6 Å². The number of ether oxygens (including phenoxy) is 3. The molecule has 0 bridgehead atoms. The van der Waals surface area contributed by atoms with Gasteiger partial charge in [0, 0.05) is 5.56 Å². The first-order chi connectivity index (χ1) is 13.7. The average molecular weight is 380 g/mol. The van der Waals surface area contributed by atoms with Gasteiger partial charge in [0.05, 0.1) is 24.4 Å². The van der Waals surface area contributed by atoms with Crippen LogP contribution in [0.4, 0.5) is 0 Å². The van der Waals surface area contributed by atoms with Crippen LogP contribution in [0.3, 0.4) is 0 Å². The number of fused-ring (bicyclic) bond motifs is 2. The highest BCUT2D eigenvalue weighted by atomic mass is 16.6. The molecule has 0 radical (unpaired) electrons. The van der Waals surface area contributed by atoms with Crippen LogP contribution in [0.5, 0.6) is 17.2 Å². The van der Waals surface area contributed by atoms with E-state index in [0.29, 0.717) is 30.5 Å². The number of rotatable bonds is 5. The smallest absolute Gasteiger partial charge is 0.260 e. The number of hydrogen-bond acceptors (Lipinski definition) is 6. The summed E-state index contributed by atoms with van der Waals surface area (Å²) < 4.78 is 18.4. The number of imidazole rings is 1. The lowest BCUT2D eigenvalue weighted by Crippen LogP contribution is -2.23. The Bertz CT molecular complexity index is 1040. The van der Waals surface area contributed by atoms with E-state index in [9.17, 15) is 4.79 Å². The number of nitrogens with zero attached hydrogens (tertiary/aromatic N) is 3. The Balaban J connectivity index is 1.46. The number of hydrogen-bond donors (Lipinski definition) is 1. The predicted octanol–water partition coefficient (Wildman–Crippen LogP) is 2.27. The largest absolute Gasteiger partial charge is 0.493 e. The molecule has 0 atom stereocenters. The molecule has 2 aromatic carbocycles. The van der Waals surface area contributed by atoms with E-state index in [-0.39, 0.29) is 12.5 Å². The molecule has 0 saturated heterocycles. The molecule has 0 fully saturated rings. The van der Waals surface area contributed by atoms with Crippen LogP contribution in [0, 0.1) is 6.92 Å². The first kappa shape index (κ1) is 17.8. The number of carbonyl (C=O) groups excluding carboxylic acids is 1. The van der Waals surface area contributed by atoms with Crippen molar-refractivity contribution in [1.29, 1.82) is 0 Å². The second-order valence-electron chi connectivity index (χ2n) is 6.27. The Morgan fingerprint density at radius 3 is 3.00 bits per heavy atom. The van der Waals surface area contributed by atoms with Crippen LogP contribution in [0.25, 0.3) is 11.0 Å². The lowest BCUT2D eigenvalue weighted by atomic mass is 10.2. The summed E-state index contributed by atoms with van der Waals surface area (Å²) in [5, 5.41) is 4.05. The van der Waals surface area contributed by atoms with Gasteiger partial charge in [-0.1, -0.05) is 12.1 Å². The van der Waals surface area contributed by atoms with Gasteiger partial charge in [-0.15, -0.1) is 0 Å². The first-order valence-electron chi connectivity index (χ1n) is 8.87. The van der Waals surface area contributed by atoms with Crippen molar-refractivity contribution >= 4 is 23.2 Å². The second-order valence-corrected chi connectivity index (χ2v) is 6.27. The number of aryl methyl sites for hydroxylation is 1. The number of hydrazone groups is 1. The molecular formula is C20H20N4O4. The number of carbonyl (C=O) groups is 1. The lowest BCUT2D eigenvalue weighted by Gasteiger charge is -2.20. The van der Waals surface area contributed by atoms with Crippen molar-refractivity contribution in [2.45, 2.75) is 13.5 Å². The minimum absolute atomic E-state index is 0.133. The number of aromatic nitrogens is 2. The minimum atomic E-state index is -0.244. The normalized spacial score (nSPS) is 13.1. The van der Waals surface area contributed by atoms with E-state index < -0.39 is 0 Å². The summed E-state index contributed by atoms with van der Waals surface area (Å²) in [7, 11) is 1.56. The monoisotopic (exact) mass is 380 g/mol. The summed E-state index contributed by atoms with van der Waals surface area (Å²) in [6.07, 6.45) is 1.54. The maximum Gasteiger partial charge on any atom is 0.260 e. The highest BCUT2D eigenvalue weighted by molar-refractivity contribution is 5.85. The minimum Gasteiger partial charge on any atom is -0.493 e. The van der Waals surface area contributed by atoms with Gasteiger partial charge in [0.2, 0.25) is 5.75 Å². The molecule has 144 valence electrons. The number of nitrogens with one attached hydrogen (secondary N) is 1. The van der Waals surface area contributed by atoms with Gasteiger partial charge < -0.3 is 18.8 Å². The van der Waals surface area contributed by atoms with E-state index in [1.54, 1.807) is 19.2 Å². The van der Waals surface area contributed by atoms with Crippen LogP contribution >= 0.6 is 0 Å². The Kier molecular flexibility index (Phi) is 4.84. The van der Waals surface area contributed by atoms with Gasteiger partial charge in [-0.05, 0) is 31.2 Å². The van der Waals surface area contributed by atoms with Crippen molar-refractivity contribution < 1.29 is 19.0 Å². The lowest BCUT2D eigenvalue weighted by molar-refractivity contribution is -0.121. The van der Waals surface area contributed by atoms with Crippen LogP contribution in [0.1, 0.15) is 11.4 Å². The Morgan fingerprint density at radius 1 is 1.32 bits per heavy atom. The maximum atomic E-state index is 12.3. The fourth-order valence-electron chi connectivity index (χ4n) is 3.12. The summed E-state index contributed by atoms with van der Waals surface area (Å²) in [6.45, 7) is 2.97. The predicted molar refractivity (Wildman–Crippen MR) is 104 cm³/mol. The van der Waals surface area contributed by atoms with E-state index in [4.69, 9.17) is 14.2 Å². The zero-order valence-corrected chi connectivity index (χ0v) is 15.6. The van der Waals surface area contributed by atoms with Crippen molar-refractivity contribution in [2.24, 2.45) is 5.10 Å². The van der Waals surface area contributed by atoms with E-state index in [1.807, 2.05) is 35.8 Å². The number of amides is 1. The highest BCUT2D eigenvalue weighted by Gasteiger charge is 2.18. The first-order valence-corrected chi connectivity index (χ1v) is 8.87. The van der Waals surface area contributed by atoms with Crippen molar-refractivity contribution in [1.82, 2.24) is 15.0 Å². The Labute approximate surface area is 161 Å². The molecule has 1 aliphatic heterocycles. The summed E-state index contributed by atoms with van der Waals surface area (Å²) >= 11 is 0. The average Bonchev–Trinajstić information content (AvgIpc) is 3.02. The Morgan fingerprint density at radius 2 is 2.14 bits per heavy atom. The molecule has 4 rings (SSSR count). The van der Waals surface area contributed by atoms with Crippen LogP contribution in [0.15, 0.2) is 41.5 Å². The van der Waals surface area contributed by atoms with Gasteiger partial charge in [-0.2, -0.15) is 5.10 Å². The summed E-state index contributed by atoms with van der Waals surface area (Å²) in [5.41, 5.74) is 5.05. The summed E-state index contributed by atoms with van der Waals surface area (Å²) in [6, 6.07) is 11.3. The van der Waals surface area contributed by atoms with Crippen LogP contribution in [-0.2, 0) is 11.3 Å². The maximum absolute atomic E-state index is 12.3. The van der Waals surface area contributed by atoms with Crippen molar-refractivity contribution in [3.63, 3.8) is 0 Å². The van der Waals surface area contributed by atoms with E-state index >= 15 is 0 Å². The topological polar surface area (TPSA) is 87.0 Å². The Hall–Kier alpha value is -3.55. The molecule has 8 nitrogen and oxygen atoms in total. The van der Waals surface area contributed by atoms with E-state index in [0.717, 1.165) is 22.4 Å². The third-order valence-corrected chi connectivity index (χ3v) is 4.40. The van der Waals surface area contributed by atoms with Crippen molar-refractivity contribution in [3.05, 3.63) is 47.8 Å². The molecule has 0 unspecified atom stereocenters. The molecule has 0 saturated carbocycles. The fraction of sp³-hybridized carbons (Fsp3) is 0.250. The molecular weight excluding hydrogens is 360 g/mol. The summed E-state index contributed by atoms with van der Waals surface area (Å²) in [5.74, 6) is 2.27. The quantitative estimate of drug-likeness (QED) is 0.542. The van der Waals surface area contributed by atoms with Gasteiger partial charge in [-0.25, -0.2) is 10.4 Å². The standard InChI is InChI=1S/C20H20N4O4/c1-13-22-15-5-3-4-6-16(15)24(13)12-19(25)23-21-11-14-9-17(26-2)20-18(10-14)27-7-8-28-20/h3-6,9-11H,7-8,12H2,1-2H3,(H,23,25)/b21-11-. The second kappa shape index (κ2) is 7.59. The molecule has 1 amide bonds. The zero-order chi connectivity index (χ0) is 19.5. The fourth-order valence-corrected chi connectivity index (χ4v) is 3.12. The molecule has 1 aromatic heterocycles. The molecule has 28 heavy (non-hydrogen) atoms. The van der Waals surface area contributed by atoms with Gasteiger partial charge in [0.1, 0.15) is 25.6 Å². The van der Waals surface area contributed by atoms with Gasteiger partial charge in [-0.3, -0.25) is 4.79 Å².